The van der Waals surface area contributed by atoms with E-state index in [1.165, 1.54) is 19.8 Å². The van der Waals surface area contributed by atoms with Gasteiger partial charge >= 0.3 is 5.97 Å². The van der Waals surface area contributed by atoms with Gasteiger partial charge in [-0.3, -0.25) is 0 Å². The Labute approximate surface area is 140 Å². The van der Waals surface area contributed by atoms with Crippen LogP contribution in [0.5, 0.6) is 5.75 Å². The van der Waals surface area contributed by atoms with Gasteiger partial charge in [0, 0.05) is 12.1 Å². The molecule has 0 spiro atoms. The minimum atomic E-state index is -0.419. The van der Waals surface area contributed by atoms with Crippen LogP contribution in [0.3, 0.4) is 0 Å². The highest BCUT2D eigenvalue weighted by atomic mass is 16.5. The van der Waals surface area contributed by atoms with Crippen LogP contribution in [-0.2, 0) is 11.3 Å². The van der Waals surface area contributed by atoms with Crippen molar-refractivity contribution in [2.45, 2.75) is 20.4 Å². The summed E-state index contributed by atoms with van der Waals surface area (Å²) in [7, 11) is 2.90. The Kier molecular flexibility index (Phi) is 4.25. The van der Waals surface area contributed by atoms with Crippen LogP contribution >= 0.6 is 0 Å². The molecule has 1 heterocycles. The molecule has 0 aliphatic rings. The Hall–Kier alpha value is -2.82. The maximum atomic E-state index is 11.8. The summed E-state index contributed by atoms with van der Waals surface area (Å²) in [5.74, 6) is 0.913. The largest absolute Gasteiger partial charge is 0.496 e. The fourth-order valence-corrected chi connectivity index (χ4v) is 2.88. The third kappa shape index (κ3) is 2.62. The molecule has 24 heavy (non-hydrogen) atoms. The number of aryl methyl sites for hydroxylation is 2. The minimum absolute atomic E-state index is 0.402. The Balaban J connectivity index is 2.18. The van der Waals surface area contributed by atoms with Gasteiger partial charge in [-0.05, 0) is 43.7 Å². The van der Waals surface area contributed by atoms with E-state index in [4.69, 9.17) is 14.5 Å². The molecule has 0 radical (unpaired) electrons. The second-order valence-electron chi connectivity index (χ2n) is 5.58. The van der Waals surface area contributed by atoms with E-state index in [1.807, 2.05) is 18.2 Å². The van der Waals surface area contributed by atoms with E-state index in [1.54, 1.807) is 6.07 Å². The van der Waals surface area contributed by atoms with E-state index in [2.05, 4.69) is 30.5 Å². The molecular formula is C19H20N2O3. The van der Waals surface area contributed by atoms with Gasteiger partial charge in [-0.1, -0.05) is 12.1 Å². The summed E-state index contributed by atoms with van der Waals surface area (Å²) in [5, 5.41) is 0. The SMILES string of the molecule is CCn1c(-c2ccc(C(=O)OC)c(OC)c2)nc2ccc(C)cc21. The molecule has 3 rings (SSSR count). The molecule has 3 aromatic rings. The lowest BCUT2D eigenvalue weighted by molar-refractivity contribution is 0.0597. The molecular weight excluding hydrogens is 304 g/mol. The van der Waals surface area contributed by atoms with E-state index in [-0.39, 0.29) is 0 Å². The van der Waals surface area contributed by atoms with Crippen molar-refractivity contribution in [2.24, 2.45) is 0 Å². The Bertz CT molecular complexity index is 912. The number of ether oxygens (including phenoxy) is 2. The van der Waals surface area contributed by atoms with Gasteiger partial charge in [0.15, 0.2) is 0 Å². The van der Waals surface area contributed by atoms with Crippen LogP contribution in [-0.4, -0.2) is 29.7 Å². The number of methoxy groups -OCH3 is 2. The monoisotopic (exact) mass is 324 g/mol. The lowest BCUT2D eigenvalue weighted by Crippen LogP contribution is -2.05. The van der Waals surface area contributed by atoms with Crippen LogP contribution in [0.4, 0.5) is 0 Å². The third-order valence-corrected chi connectivity index (χ3v) is 4.08. The van der Waals surface area contributed by atoms with Crippen molar-refractivity contribution in [3.63, 3.8) is 0 Å². The van der Waals surface area contributed by atoms with Crippen molar-refractivity contribution in [2.75, 3.05) is 14.2 Å². The molecule has 0 saturated carbocycles. The molecule has 0 aliphatic carbocycles. The molecule has 0 unspecified atom stereocenters. The third-order valence-electron chi connectivity index (χ3n) is 4.08. The molecule has 0 bridgehead atoms. The molecule has 124 valence electrons. The summed E-state index contributed by atoms with van der Waals surface area (Å²) in [4.78, 5) is 16.6. The molecule has 0 aliphatic heterocycles. The first-order chi connectivity index (χ1) is 11.6. The average molecular weight is 324 g/mol. The Morgan fingerprint density at radius 2 is 1.96 bits per heavy atom. The van der Waals surface area contributed by atoms with Gasteiger partial charge in [0.2, 0.25) is 0 Å². The summed E-state index contributed by atoms with van der Waals surface area (Å²) in [6.45, 7) is 4.96. The van der Waals surface area contributed by atoms with Gasteiger partial charge in [-0.25, -0.2) is 9.78 Å². The molecule has 1 aromatic heterocycles. The van der Waals surface area contributed by atoms with Gasteiger partial charge < -0.3 is 14.0 Å². The number of carbonyl (C=O) groups is 1. The number of fused-ring (bicyclic) bond motifs is 1. The number of benzene rings is 2. The summed E-state index contributed by atoms with van der Waals surface area (Å²) >= 11 is 0. The minimum Gasteiger partial charge on any atom is -0.496 e. The summed E-state index contributed by atoms with van der Waals surface area (Å²) < 4.78 is 12.3. The first kappa shape index (κ1) is 16.1. The highest BCUT2D eigenvalue weighted by molar-refractivity contribution is 5.93. The number of hydrogen-bond donors (Lipinski definition) is 0. The molecule has 0 N–H and O–H groups in total. The van der Waals surface area contributed by atoms with E-state index in [0.717, 1.165) is 29.0 Å². The Morgan fingerprint density at radius 1 is 1.17 bits per heavy atom. The van der Waals surface area contributed by atoms with Crippen molar-refractivity contribution >= 4 is 17.0 Å². The molecule has 2 aromatic carbocycles. The number of imidazole rings is 1. The highest BCUT2D eigenvalue weighted by Gasteiger charge is 2.17. The number of carbonyl (C=O) groups excluding carboxylic acids is 1. The fourth-order valence-electron chi connectivity index (χ4n) is 2.88. The van der Waals surface area contributed by atoms with Crippen molar-refractivity contribution in [3.05, 3.63) is 47.5 Å². The second kappa shape index (κ2) is 6.35. The number of hydrogen-bond acceptors (Lipinski definition) is 4. The molecule has 5 heteroatoms. The molecule has 0 saturated heterocycles. The number of esters is 1. The predicted octanol–water partition coefficient (Wildman–Crippen LogP) is 3.83. The van der Waals surface area contributed by atoms with Gasteiger partial charge in [-0.15, -0.1) is 0 Å². The zero-order valence-corrected chi connectivity index (χ0v) is 14.3. The van der Waals surface area contributed by atoms with Crippen LogP contribution in [0, 0.1) is 6.92 Å². The highest BCUT2D eigenvalue weighted by Crippen LogP contribution is 2.30. The maximum absolute atomic E-state index is 11.8. The smallest absolute Gasteiger partial charge is 0.341 e. The van der Waals surface area contributed by atoms with Gasteiger partial charge in [-0.2, -0.15) is 0 Å². The molecule has 0 amide bonds. The second-order valence-corrected chi connectivity index (χ2v) is 5.58. The standard InChI is InChI=1S/C19H20N2O3/c1-5-21-16-10-12(2)6-9-15(16)20-18(21)13-7-8-14(19(22)24-4)17(11-13)23-3/h6-11H,5H2,1-4H3. The van der Waals surface area contributed by atoms with Crippen molar-refractivity contribution in [3.8, 4) is 17.1 Å². The summed E-state index contributed by atoms with van der Waals surface area (Å²) in [6.07, 6.45) is 0. The van der Waals surface area contributed by atoms with E-state index >= 15 is 0 Å². The van der Waals surface area contributed by atoms with Crippen LogP contribution < -0.4 is 4.74 Å². The van der Waals surface area contributed by atoms with E-state index < -0.39 is 5.97 Å². The van der Waals surface area contributed by atoms with Crippen molar-refractivity contribution in [1.29, 1.82) is 0 Å². The van der Waals surface area contributed by atoms with E-state index in [9.17, 15) is 4.79 Å². The van der Waals surface area contributed by atoms with Crippen LogP contribution in [0.15, 0.2) is 36.4 Å². The van der Waals surface area contributed by atoms with E-state index in [0.29, 0.717) is 11.3 Å². The normalized spacial score (nSPS) is 10.8. The van der Waals surface area contributed by atoms with Gasteiger partial charge in [0.1, 0.15) is 17.1 Å². The van der Waals surface area contributed by atoms with Gasteiger partial charge in [0.25, 0.3) is 0 Å². The number of aromatic nitrogens is 2. The quantitative estimate of drug-likeness (QED) is 0.685. The first-order valence-electron chi connectivity index (χ1n) is 7.82. The molecule has 0 atom stereocenters. The number of nitrogens with zero attached hydrogens (tertiary/aromatic N) is 2. The average Bonchev–Trinajstić information content (AvgIpc) is 2.98. The van der Waals surface area contributed by atoms with Crippen LogP contribution in [0.25, 0.3) is 22.4 Å². The summed E-state index contributed by atoms with van der Waals surface area (Å²) in [6, 6.07) is 11.6. The van der Waals surface area contributed by atoms with Crippen molar-refractivity contribution in [1.82, 2.24) is 9.55 Å². The fraction of sp³-hybridized carbons (Fsp3) is 0.263. The first-order valence-corrected chi connectivity index (χ1v) is 7.82. The molecule has 0 fully saturated rings. The zero-order valence-electron chi connectivity index (χ0n) is 14.3. The van der Waals surface area contributed by atoms with Gasteiger partial charge in [0.05, 0.1) is 25.3 Å². The number of rotatable bonds is 4. The van der Waals surface area contributed by atoms with Crippen LogP contribution in [0.1, 0.15) is 22.8 Å². The van der Waals surface area contributed by atoms with Crippen LogP contribution in [0.2, 0.25) is 0 Å². The summed E-state index contributed by atoms with van der Waals surface area (Å²) in [5.41, 5.74) is 4.55. The molecule has 5 nitrogen and oxygen atoms in total. The lowest BCUT2D eigenvalue weighted by atomic mass is 10.1. The van der Waals surface area contributed by atoms with Crippen molar-refractivity contribution < 1.29 is 14.3 Å². The maximum Gasteiger partial charge on any atom is 0.341 e. The predicted molar refractivity (Wildman–Crippen MR) is 93.5 cm³/mol. The Morgan fingerprint density at radius 3 is 2.62 bits per heavy atom. The zero-order chi connectivity index (χ0) is 17.3. The topological polar surface area (TPSA) is 53.4 Å². The lowest BCUT2D eigenvalue weighted by Gasteiger charge is -2.10.